The minimum atomic E-state index is -1.49. The van der Waals surface area contributed by atoms with Crippen LogP contribution in [0, 0.1) is 11.3 Å². The number of carbonyl (C=O) groups is 1. The monoisotopic (exact) mass is 621 g/mol. The topological polar surface area (TPSA) is 171 Å². The number of nitrogens with zero attached hydrogens (tertiary/aromatic N) is 5. The van der Waals surface area contributed by atoms with Gasteiger partial charge in [0.15, 0.2) is 17.5 Å². The second-order valence-electron chi connectivity index (χ2n) is 11.2. The summed E-state index contributed by atoms with van der Waals surface area (Å²) in [4.78, 5) is 34.8. The normalized spacial score (nSPS) is 22.7. The van der Waals surface area contributed by atoms with Crippen LogP contribution in [0.3, 0.4) is 0 Å². The summed E-state index contributed by atoms with van der Waals surface area (Å²) in [6.07, 6.45) is 8.39. The molecule has 44 heavy (non-hydrogen) atoms. The molecule has 0 bridgehead atoms. The molecule has 2 aliphatic carbocycles. The number of hydrogen-bond donors (Lipinski definition) is 3. The average Bonchev–Trinajstić information content (AvgIpc) is 3.72. The van der Waals surface area contributed by atoms with E-state index in [2.05, 4.69) is 26.5 Å². The van der Waals surface area contributed by atoms with E-state index >= 15 is 0 Å². The van der Waals surface area contributed by atoms with Gasteiger partial charge in [-0.3, -0.25) is 4.98 Å². The SMILES string of the molecule is C=CC1CCC2(CC1)CC2N(OC(C)(OC)c1ccccc1OC)c1c(N)nc(/C(N)=N/C(=O)O)nc1-c1cncc(Cl)c1. The Morgan fingerprint density at radius 2 is 1.98 bits per heavy atom. The predicted molar refractivity (Wildman–Crippen MR) is 167 cm³/mol. The zero-order valence-corrected chi connectivity index (χ0v) is 25.6. The number of aromatic nitrogens is 3. The number of para-hydroxylation sites is 1. The molecule has 0 aliphatic heterocycles. The average molecular weight is 622 g/mol. The number of amides is 1. The highest BCUT2D eigenvalue weighted by Crippen LogP contribution is 2.62. The molecule has 0 radical (unpaired) electrons. The summed E-state index contributed by atoms with van der Waals surface area (Å²) in [5.41, 5.74) is 14.4. The number of amidine groups is 1. The minimum Gasteiger partial charge on any atom is -0.496 e. The first-order valence-electron chi connectivity index (χ1n) is 14.2. The van der Waals surface area contributed by atoms with Crippen molar-refractivity contribution in [2.24, 2.45) is 22.1 Å². The summed E-state index contributed by atoms with van der Waals surface area (Å²) in [5.74, 6) is -0.890. The van der Waals surface area contributed by atoms with Gasteiger partial charge in [-0.05, 0) is 68.6 Å². The number of hydroxylamine groups is 1. The Morgan fingerprint density at radius 1 is 1.25 bits per heavy atom. The van der Waals surface area contributed by atoms with Crippen molar-refractivity contribution in [3.63, 3.8) is 0 Å². The van der Waals surface area contributed by atoms with Crippen molar-refractivity contribution in [3.8, 4) is 17.0 Å². The molecule has 2 aromatic heterocycles. The van der Waals surface area contributed by atoms with Crippen molar-refractivity contribution in [1.29, 1.82) is 0 Å². The van der Waals surface area contributed by atoms with Crippen molar-refractivity contribution in [2.75, 3.05) is 25.0 Å². The van der Waals surface area contributed by atoms with Gasteiger partial charge in [0, 0.05) is 25.1 Å². The van der Waals surface area contributed by atoms with Gasteiger partial charge in [0.05, 0.1) is 23.7 Å². The van der Waals surface area contributed by atoms with Crippen molar-refractivity contribution in [1.82, 2.24) is 15.0 Å². The number of benzene rings is 1. The van der Waals surface area contributed by atoms with Gasteiger partial charge in [0.25, 0.3) is 0 Å². The number of nitrogen functional groups attached to an aromatic ring is 1. The highest BCUT2D eigenvalue weighted by molar-refractivity contribution is 6.30. The van der Waals surface area contributed by atoms with Crippen molar-refractivity contribution >= 4 is 35.0 Å². The molecule has 1 spiro atoms. The third-order valence-electron chi connectivity index (χ3n) is 8.60. The molecule has 3 aromatic rings. The highest BCUT2D eigenvalue weighted by atomic mass is 35.5. The molecule has 2 heterocycles. The Bertz CT molecular complexity index is 1590. The second-order valence-corrected chi connectivity index (χ2v) is 11.7. The van der Waals surface area contributed by atoms with Crippen LogP contribution in [0.5, 0.6) is 5.75 Å². The van der Waals surface area contributed by atoms with E-state index in [-0.39, 0.29) is 28.8 Å². The van der Waals surface area contributed by atoms with Gasteiger partial charge in [0.2, 0.25) is 5.79 Å². The number of aliphatic imine (C=N–C) groups is 1. The maximum Gasteiger partial charge on any atom is 0.433 e. The largest absolute Gasteiger partial charge is 0.496 e. The Balaban J connectivity index is 1.70. The fraction of sp³-hybridized carbons (Fsp3) is 0.387. The number of rotatable bonds is 10. The van der Waals surface area contributed by atoms with E-state index in [1.54, 1.807) is 38.5 Å². The van der Waals surface area contributed by atoms with E-state index in [4.69, 9.17) is 37.4 Å². The molecule has 5 N–H and O–H groups in total. The molecule has 13 heteroatoms. The second kappa shape index (κ2) is 12.4. The molecule has 2 unspecified atom stereocenters. The molecule has 2 atom stereocenters. The van der Waals surface area contributed by atoms with E-state index in [1.807, 2.05) is 30.3 Å². The van der Waals surface area contributed by atoms with Gasteiger partial charge >= 0.3 is 6.09 Å². The van der Waals surface area contributed by atoms with Crippen LogP contribution in [0.25, 0.3) is 11.3 Å². The number of halogens is 1. The number of methoxy groups -OCH3 is 2. The predicted octanol–water partition coefficient (Wildman–Crippen LogP) is 5.56. The van der Waals surface area contributed by atoms with Crippen LogP contribution in [0.15, 0.2) is 60.4 Å². The van der Waals surface area contributed by atoms with Crippen molar-refractivity contribution < 1.29 is 24.2 Å². The van der Waals surface area contributed by atoms with Gasteiger partial charge in [-0.1, -0.05) is 29.8 Å². The molecule has 1 aromatic carbocycles. The molecule has 2 fully saturated rings. The quantitative estimate of drug-likeness (QED) is 0.0851. The van der Waals surface area contributed by atoms with E-state index in [0.29, 0.717) is 33.5 Å². The molecular formula is C31H36ClN7O5. The van der Waals surface area contributed by atoms with Crippen LogP contribution in [0.4, 0.5) is 16.3 Å². The Morgan fingerprint density at radius 3 is 2.61 bits per heavy atom. The first kappa shape index (κ1) is 31.2. The lowest BCUT2D eigenvalue weighted by Crippen LogP contribution is -2.42. The third kappa shape index (κ3) is 6.05. The van der Waals surface area contributed by atoms with E-state index in [0.717, 1.165) is 32.1 Å². The van der Waals surface area contributed by atoms with Crippen LogP contribution < -0.4 is 21.3 Å². The number of ether oxygens (including phenoxy) is 2. The van der Waals surface area contributed by atoms with Gasteiger partial charge in [-0.25, -0.2) is 24.7 Å². The number of carboxylic acid groups (broad SMARTS) is 1. The number of pyridine rings is 1. The summed E-state index contributed by atoms with van der Waals surface area (Å²) >= 11 is 6.35. The summed E-state index contributed by atoms with van der Waals surface area (Å²) in [6.45, 7) is 5.79. The summed E-state index contributed by atoms with van der Waals surface area (Å²) < 4.78 is 11.7. The number of anilines is 2. The highest BCUT2D eigenvalue weighted by Gasteiger charge is 2.60. The number of allylic oxidation sites excluding steroid dienone is 1. The smallest absolute Gasteiger partial charge is 0.433 e. The zero-order chi connectivity index (χ0) is 31.6. The molecular weight excluding hydrogens is 586 g/mol. The molecule has 2 saturated carbocycles. The van der Waals surface area contributed by atoms with Gasteiger partial charge < -0.3 is 26.0 Å². The Kier molecular flexibility index (Phi) is 8.78. The summed E-state index contributed by atoms with van der Waals surface area (Å²) in [6, 6.07) is 8.98. The maximum absolute atomic E-state index is 11.3. The fourth-order valence-corrected chi connectivity index (χ4v) is 6.19. The van der Waals surface area contributed by atoms with Gasteiger partial charge in [-0.15, -0.1) is 6.58 Å². The Labute approximate surface area is 260 Å². The lowest BCUT2D eigenvalue weighted by atomic mass is 9.79. The van der Waals surface area contributed by atoms with Gasteiger partial charge in [-0.2, -0.15) is 4.99 Å². The van der Waals surface area contributed by atoms with E-state index in [9.17, 15) is 9.90 Å². The number of nitrogens with two attached hydrogens (primary N) is 2. The van der Waals surface area contributed by atoms with Crippen LogP contribution >= 0.6 is 11.6 Å². The number of hydrogen-bond acceptors (Lipinski definition) is 9. The van der Waals surface area contributed by atoms with Crippen LogP contribution in [0.1, 0.15) is 50.4 Å². The fourth-order valence-electron chi connectivity index (χ4n) is 6.01. The maximum atomic E-state index is 11.3. The van der Waals surface area contributed by atoms with Crippen LogP contribution in [-0.4, -0.2) is 52.2 Å². The lowest BCUT2D eigenvalue weighted by Gasteiger charge is -2.39. The van der Waals surface area contributed by atoms with Crippen molar-refractivity contribution in [2.45, 2.75) is 50.9 Å². The third-order valence-corrected chi connectivity index (χ3v) is 8.81. The molecule has 5 rings (SSSR count). The van der Waals surface area contributed by atoms with Gasteiger partial charge in [0.1, 0.15) is 17.1 Å². The molecule has 232 valence electrons. The first-order chi connectivity index (χ1) is 21.0. The minimum absolute atomic E-state index is 0.00572. The van der Waals surface area contributed by atoms with E-state index in [1.165, 1.54) is 6.20 Å². The molecule has 12 nitrogen and oxygen atoms in total. The molecule has 1 amide bonds. The molecule has 2 aliphatic rings. The standard InChI is InChI=1S/C31H36ClN7O5/c1-5-18-10-12-31(13-11-18)15-23(31)39(44-30(2,43-4)21-8-6-7-9-22(21)42-3)25-24(19-14-20(32)17-35-16-19)36-28(37-26(25)33)27(34)38-29(40)41/h5-9,14,16-18,23H,1,10-13,15H2,2-4H3,(H2,34,38)(H,40,41)(H2,33,36,37). The van der Waals surface area contributed by atoms with Crippen molar-refractivity contribution in [3.05, 3.63) is 71.8 Å². The lowest BCUT2D eigenvalue weighted by molar-refractivity contribution is -0.230. The first-order valence-corrected chi connectivity index (χ1v) is 14.6. The zero-order valence-electron chi connectivity index (χ0n) is 24.9. The summed E-state index contributed by atoms with van der Waals surface area (Å²) in [7, 11) is 3.13. The Hall–Kier alpha value is -4.26. The molecule has 0 saturated heterocycles. The summed E-state index contributed by atoms with van der Waals surface area (Å²) in [5, 5.41) is 11.3. The van der Waals surface area contributed by atoms with E-state index < -0.39 is 17.7 Å². The van der Waals surface area contributed by atoms with Crippen LogP contribution in [0.2, 0.25) is 5.02 Å². The van der Waals surface area contributed by atoms with Crippen LogP contribution in [-0.2, 0) is 15.4 Å².